The number of carbonyl (C=O) groups is 1. The molecule has 26 heavy (non-hydrogen) atoms. The fourth-order valence-electron chi connectivity index (χ4n) is 3.38. The van der Waals surface area contributed by atoms with Gasteiger partial charge in [-0.05, 0) is 38.0 Å². The summed E-state index contributed by atoms with van der Waals surface area (Å²) >= 11 is 0. The zero-order valence-corrected chi connectivity index (χ0v) is 16.0. The van der Waals surface area contributed by atoms with E-state index in [4.69, 9.17) is 14.2 Å². The standard InChI is InChI=1S/C19H34O7/c1-4-12(5-2)10-25-18(23)14-9-13(14)7-6-8-24-19-17(22)16(21)15(20)11(3)26-19/h11-17,19-22H,4-10H2,1-3H3/t11-,13+,14-,15+,16+,17-,19+/m0/s1. The van der Waals surface area contributed by atoms with Crippen molar-refractivity contribution in [2.75, 3.05) is 13.2 Å². The summed E-state index contributed by atoms with van der Waals surface area (Å²) in [6, 6.07) is 0. The van der Waals surface area contributed by atoms with Gasteiger partial charge in [-0.25, -0.2) is 0 Å². The normalized spacial score (nSPS) is 37.0. The molecule has 1 heterocycles. The molecule has 0 aromatic rings. The minimum Gasteiger partial charge on any atom is -0.465 e. The molecule has 1 aliphatic carbocycles. The minimum atomic E-state index is -1.28. The summed E-state index contributed by atoms with van der Waals surface area (Å²) in [4.78, 5) is 12.0. The SMILES string of the molecule is CCC(CC)COC(=O)[C@H]1C[C@H]1CCCO[C@@H]1O[C@@H](C)[C@@H](O)[C@@H](O)[C@@H]1O. The van der Waals surface area contributed by atoms with Gasteiger partial charge in [-0.2, -0.15) is 0 Å². The summed E-state index contributed by atoms with van der Waals surface area (Å²) in [6.45, 7) is 6.72. The van der Waals surface area contributed by atoms with Gasteiger partial charge < -0.3 is 29.5 Å². The van der Waals surface area contributed by atoms with Crippen molar-refractivity contribution in [1.82, 2.24) is 0 Å². The number of aliphatic hydroxyl groups is 3. The first-order valence-electron chi connectivity index (χ1n) is 9.86. The molecule has 2 aliphatic rings. The number of aliphatic hydroxyl groups excluding tert-OH is 3. The van der Waals surface area contributed by atoms with E-state index in [1.807, 2.05) is 0 Å². The highest BCUT2D eigenvalue weighted by atomic mass is 16.7. The van der Waals surface area contributed by atoms with E-state index in [9.17, 15) is 20.1 Å². The largest absolute Gasteiger partial charge is 0.465 e. The molecule has 2 fully saturated rings. The van der Waals surface area contributed by atoms with Gasteiger partial charge in [0, 0.05) is 6.61 Å². The number of hydrogen-bond acceptors (Lipinski definition) is 7. The van der Waals surface area contributed by atoms with Crippen molar-refractivity contribution in [3.05, 3.63) is 0 Å². The molecular weight excluding hydrogens is 340 g/mol. The Bertz CT molecular complexity index is 440. The van der Waals surface area contributed by atoms with Crippen molar-refractivity contribution in [3.8, 4) is 0 Å². The van der Waals surface area contributed by atoms with Crippen LogP contribution in [0.5, 0.6) is 0 Å². The monoisotopic (exact) mass is 374 g/mol. The average molecular weight is 374 g/mol. The highest BCUT2D eigenvalue weighted by Crippen LogP contribution is 2.43. The van der Waals surface area contributed by atoms with E-state index in [-0.39, 0.29) is 11.9 Å². The lowest BCUT2D eigenvalue weighted by atomic mass is 10.0. The molecule has 7 heteroatoms. The first-order chi connectivity index (χ1) is 12.4. The van der Waals surface area contributed by atoms with Crippen molar-refractivity contribution < 1.29 is 34.3 Å². The fourth-order valence-corrected chi connectivity index (χ4v) is 3.38. The Morgan fingerprint density at radius 1 is 1.15 bits per heavy atom. The quantitative estimate of drug-likeness (QED) is 0.390. The van der Waals surface area contributed by atoms with Gasteiger partial charge in [-0.3, -0.25) is 4.79 Å². The maximum Gasteiger partial charge on any atom is 0.309 e. The molecule has 1 aliphatic heterocycles. The van der Waals surface area contributed by atoms with Crippen molar-refractivity contribution in [3.63, 3.8) is 0 Å². The second-order valence-electron chi connectivity index (χ2n) is 7.61. The van der Waals surface area contributed by atoms with Gasteiger partial charge in [-0.15, -0.1) is 0 Å². The van der Waals surface area contributed by atoms with Crippen molar-refractivity contribution in [2.24, 2.45) is 17.8 Å². The van der Waals surface area contributed by atoms with E-state index in [0.717, 1.165) is 32.1 Å². The second kappa shape index (κ2) is 9.99. The van der Waals surface area contributed by atoms with E-state index in [0.29, 0.717) is 25.0 Å². The molecule has 1 saturated carbocycles. The highest BCUT2D eigenvalue weighted by molar-refractivity contribution is 5.75. The lowest BCUT2D eigenvalue weighted by Gasteiger charge is -2.38. The van der Waals surface area contributed by atoms with Crippen LogP contribution in [0.2, 0.25) is 0 Å². The molecule has 7 nitrogen and oxygen atoms in total. The summed E-state index contributed by atoms with van der Waals surface area (Å²) in [7, 11) is 0. The summed E-state index contributed by atoms with van der Waals surface area (Å²) in [6.07, 6.45) is -0.705. The van der Waals surface area contributed by atoms with Gasteiger partial charge in [0.1, 0.15) is 18.3 Å². The zero-order valence-electron chi connectivity index (χ0n) is 16.0. The van der Waals surface area contributed by atoms with Crippen LogP contribution >= 0.6 is 0 Å². The summed E-state index contributed by atoms with van der Waals surface area (Å²) in [5, 5.41) is 29.3. The highest BCUT2D eigenvalue weighted by Gasteiger charge is 2.44. The third kappa shape index (κ3) is 5.63. The topological polar surface area (TPSA) is 105 Å². The van der Waals surface area contributed by atoms with E-state index in [1.54, 1.807) is 6.92 Å². The molecule has 0 aromatic carbocycles. The molecule has 0 aromatic heterocycles. The van der Waals surface area contributed by atoms with Gasteiger partial charge in [0.25, 0.3) is 0 Å². The number of carbonyl (C=O) groups excluding carboxylic acids is 1. The second-order valence-corrected chi connectivity index (χ2v) is 7.61. The number of rotatable bonds is 10. The molecule has 0 unspecified atom stereocenters. The average Bonchev–Trinajstić information content (AvgIpc) is 3.41. The maximum absolute atomic E-state index is 12.0. The summed E-state index contributed by atoms with van der Waals surface area (Å²) < 4.78 is 16.3. The lowest BCUT2D eigenvalue weighted by molar-refractivity contribution is -0.293. The maximum atomic E-state index is 12.0. The van der Waals surface area contributed by atoms with Crippen LogP contribution in [-0.2, 0) is 19.0 Å². The third-order valence-electron chi connectivity index (χ3n) is 5.65. The molecule has 1 saturated heterocycles. The van der Waals surface area contributed by atoms with Crippen LogP contribution in [0.3, 0.4) is 0 Å². The minimum absolute atomic E-state index is 0.0119. The van der Waals surface area contributed by atoms with Gasteiger partial charge in [0.05, 0.1) is 18.6 Å². The Hall–Kier alpha value is -0.730. The Balaban J connectivity index is 1.59. The molecular formula is C19H34O7. The van der Waals surface area contributed by atoms with Gasteiger partial charge in [0.15, 0.2) is 6.29 Å². The Kier molecular flexibility index (Phi) is 8.29. The zero-order chi connectivity index (χ0) is 19.3. The molecule has 0 bridgehead atoms. The Morgan fingerprint density at radius 2 is 1.85 bits per heavy atom. The van der Waals surface area contributed by atoms with E-state index in [2.05, 4.69) is 13.8 Å². The summed E-state index contributed by atoms with van der Waals surface area (Å²) in [5.41, 5.74) is 0. The van der Waals surface area contributed by atoms with Crippen LogP contribution in [0, 0.1) is 17.8 Å². The van der Waals surface area contributed by atoms with E-state index >= 15 is 0 Å². The van der Waals surface area contributed by atoms with Crippen LogP contribution in [0.25, 0.3) is 0 Å². The third-order valence-corrected chi connectivity index (χ3v) is 5.65. The van der Waals surface area contributed by atoms with Crippen LogP contribution in [0.15, 0.2) is 0 Å². The molecule has 152 valence electrons. The molecule has 0 amide bonds. The molecule has 3 N–H and O–H groups in total. The molecule has 7 atom stereocenters. The molecule has 2 rings (SSSR count). The van der Waals surface area contributed by atoms with Crippen molar-refractivity contribution in [1.29, 1.82) is 0 Å². The fraction of sp³-hybridized carbons (Fsp3) is 0.947. The van der Waals surface area contributed by atoms with E-state index in [1.165, 1.54) is 0 Å². The summed E-state index contributed by atoms with van der Waals surface area (Å²) in [5.74, 6) is 0.719. The smallest absolute Gasteiger partial charge is 0.309 e. The lowest BCUT2D eigenvalue weighted by Crippen LogP contribution is -2.57. The van der Waals surface area contributed by atoms with Crippen LogP contribution in [-0.4, -0.2) is 65.2 Å². The van der Waals surface area contributed by atoms with Crippen LogP contribution < -0.4 is 0 Å². The van der Waals surface area contributed by atoms with Crippen LogP contribution in [0.1, 0.15) is 52.9 Å². The van der Waals surface area contributed by atoms with Gasteiger partial charge >= 0.3 is 5.97 Å². The first-order valence-corrected chi connectivity index (χ1v) is 9.86. The van der Waals surface area contributed by atoms with Crippen LogP contribution in [0.4, 0.5) is 0 Å². The number of hydrogen-bond donors (Lipinski definition) is 3. The van der Waals surface area contributed by atoms with Crippen molar-refractivity contribution >= 4 is 5.97 Å². The van der Waals surface area contributed by atoms with Crippen molar-refractivity contribution in [2.45, 2.75) is 83.6 Å². The predicted octanol–water partition coefficient (Wildman–Crippen LogP) is 1.23. The number of ether oxygens (including phenoxy) is 3. The predicted molar refractivity (Wildman–Crippen MR) is 94.2 cm³/mol. The number of esters is 1. The molecule has 0 radical (unpaired) electrons. The first kappa shape index (κ1) is 21.6. The van der Waals surface area contributed by atoms with Gasteiger partial charge in [-0.1, -0.05) is 26.7 Å². The Morgan fingerprint density at radius 3 is 2.50 bits per heavy atom. The van der Waals surface area contributed by atoms with Gasteiger partial charge in [0.2, 0.25) is 0 Å². The molecule has 0 spiro atoms. The Labute approximate surface area is 155 Å². The van der Waals surface area contributed by atoms with E-state index < -0.39 is 30.7 Å².